The number of nitrogens with zero attached hydrogens (tertiary/aromatic N) is 1. The number of piperidine rings is 1. The molecule has 104 valence electrons. The summed E-state index contributed by atoms with van der Waals surface area (Å²) in [6, 6.07) is 0.671. The lowest BCUT2D eigenvalue weighted by molar-refractivity contribution is 0.120. The first kappa shape index (κ1) is 17.2. The monoisotopic (exact) mass is 264 g/mol. The molecule has 1 aliphatic rings. The van der Waals surface area contributed by atoms with Crippen molar-refractivity contribution < 1.29 is 4.74 Å². The fraction of sp³-hybridized carbons (Fsp3) is 1.00. The van der Waals surface area contributed by atoms with Crippen LogP contribution in [0.15, 0.2) is 0 Å². The summed E-state index contributed by atoms with van der Waals surface area (Å²) in [6.45, 7) is 12.3. The molecule has 0 radical (unpaired) electrons. The molecule has 0 aromatic carbocycles. The molecule has 1 unspecified atom stereocenters. The van der Waals surface area contributed by atoms with Gasteiger partial charge in [0, 0.05) is 32.8 Å². The third kappa shape index (κ3) is 7.98. The molecule has 1 saturated heterocycles. The van der Waals surface area contributed by atoms with E-state index in [0.29, 0.717) is 11.5 Å². The van der Waals surface area contributed by atoms with Gasteiger partial charge in [0.1, 0.15) is 0 Å². The minimum Gasteiger partial charge on any atom is -0.383 e. The van der Waals surface area contributed by atoms with Crippen molar-refractivity contribution in [3.05, 3.63) is 0 Å². The van der Waals surface area contributed by atoms with Crippen molar-refractivity contribution in [3.63, 3.8) is 0 Å². The molecule has 0 amide bonds. The number of methoxy groups -OCH3 is 1. The van der Waals surface area contributed by atoms with Gasteiger partial charge in [0.05, 0.1) is 6.61 Å². The summed E-state index contributed by atoms with van der Waals surface area (Å²) in [4.78, 5) is 2.51. The molecular formula is C13H29ClN2O. The maximum atomic E-state index is 5.13. The van der Waals surface area contributed by atoms with Gasteiger partial charge in [0.15, 0.2) is 0 Å². The predicted octanol–water partition coefficient (Wildman–Crippen LogP) is 2.15. The first-order valence-electron chi connectivity index (χ1n) is 6.46. The van der Waals surface area contributed by atoms with Gasteiger partial charge in [0.2, 0.25) is 0 Å². The van der Waals surface area contributed by atoms with E-state index in [0.717, 1.165) is 19.7 Å². The van der Waals surface area contributed by atoms with Gasteiger partial charge in [-0.15, -0.1) is 12.4 Å². The van der Waals surface area contributed by atoms with Crippen LogP contribution >= 0.6 is 12.4 Å². The Hall–Kier alpha value is 0.170. The van der Waals surface area contributed by atoms with E-state index in [1.54, 1.807) is 7.11 Å². The van der Waals surface area contributed by atoms with Crippen molar-refractivity contribution in [2.45, 2.75) is 39.7 Å². The Morgan fingerprint density at radius 1 is 1.35 bits per heavy atom. The highest BCUT2D eigenvalue weighted by atomic mass is 35.5. The van der Waals surface area contributed by atoms with Crippen LogP contribution in [0.1, 0.15) is 33.6 Å². The largest absolute Gasteiger partial charge is 0.383 e. The fourth-order valence-electron chi connectivity index (χ4n) is 2.10. The Bertz CT molecular complexity index is 194. The summed E-state index contributed by atoms with van der Waals surface area (Å²) < 4.78 is 5.13. The van der Waals surface area contributed by atoms with E-state index in [1.807, 2.05) is 0 Å². The average Bonchev–Trinajstić information content (AvgIpc) is 2.23. The van der Waals surface area contributed by atoms with E-state index in [9.17, 15) is 0 Å². The quantitative estimate of drug-likeness (QED) is 0.824. The summed E-state index contributed by atoms with van der Waals surface area (Å²) in [5.74, 6) is 0. The minimum absolute atomic E-state index is 0. The number of nitrogens with one attached hydrogen (secondary N) is 1. The molecule has 0 saturated carbocycles. The molecule has 0 aromatic rings. The lowest BCUT2D eigenvalue weighted by Crippen LogP contribution is -2.48. The zero-order valence-corrected chi connectivity index (χ0v) is 12.6. The van der Waals surface area contributed by atoms with Crippen LogP contribution in [0.2, 0.25) is 0 Å². The molecule has 4 heteroatoms. The molecule has 0 bridgehead atoms. The molecule has 3 nitrogen and oxygen atoms in total. The van der Waals surface area contributed by atoms with Crippen LogP contribution in [0.3, 0.4) is 0 Å². The normalized spacial score (nSPS) is 22.2. The summed E-state index contributed by atoms with van der Waals surface area (Å²) in [5, 5.41) is 3.69. The zero-order valence-electron chi connectivity index (χ0n) is 11.8. The van der Waals surface area contributed by atoms with E-state index < -0.39 is 0 Å². The highest BCUT2D eigenvalue weighted by molar-refractivity contribution is 5.85. The molecule has 0 spiro atoms. The standard InChI is InChI=1S/C13H28N2O.ClH/c1-13(2,3)11-14-12-6-5-7-15(10-12)8-9-16-4;/h12,14H,5-11H2,1-4H3;1H. The molecule has 1 aliphatic heterocycles. The number of hydrogen-bond acceptors (Lipinski definition) is 3. The Labute approximate surface area is 113 Å². The lowest BCUT2D eigenvalue weighted by Gasteiger charge is -2.34. The smallest absolute Gasteiger partial charge is 0.0589 e. The topological polar surface area (TPSA) is 24.5 Å². The Morgan fingerprint density at radius 2 is 2.06 bits per heavy atom. The number of ether oxygens (including phenoxy) is 1. The second kappa shape index (κ2) is 8.30. The summed E-state index contributed by atoms with van der Waals surface area (Å²) in [5.41, 5.74) is 0.384. The molecule has 1 N–H and O–H groups in total. The Kier molecular flexibility index (Phi) is 8.39. The van der Waals surface area contributed by atoms with E-state index in [4.69, 9.17) is 4.74 Å². The predicted molar refractivity (Wildman–Crippen MR) is 76.0 cm³/mol. The minimum atomic E-state index is 0. The number of hydrogen-bond donors (Lipinski definition) is 1. The third-order valence-electron chi connectivity index (χ3n) is 3.04. The van der Waals surface area contributed by atoms with Crippen LogP contribution in [0.4, 0.5) is 0 Å². The maximum absolute atomic E-state index is 5.13. The second-order valence-corrected chi connectivity index (χ2v) is 6.07. The van der Waals surface area contributed by atoms with Crippen LogP contribution in [0.25, 0.3) is 0 Å². The van der Waals surface area contributed by atoms with Crippen molar-refractivity contribution in [2.75, 3.05) is 39.9 Å². The van der Waals surface area contributed by atoms with Crippen LogP contribution < -0.4 is 5.32 Å². The lowest BCUT2D eigenvalue weighted by atomic mass is 9.95. The zero-order chi connectivity index (χ0) is 12.0. The third-order valence-corrected chi connectivity index (χ3v) is 3.04. The van der Waals surface area contributed by atoms with Crippen molar-refractivity contribution in [2.24, 2.45) is 5.41 Å². The molecule has 1 rings (SSSR count). The molecule has 0 aromatic heterocycles. The summed E-state index contributed by atoms with van der Waals surface area (Å²) in [6.07, 6.45) is 2.63. The average molecular weight is 265 g/mol. The first-order valence-corrected chi connectivity index (χ1v) is 6.46. The van der Waals surface area contributed by atoms with Gasteiger partial charge in [-0.3, -0.25) is 4.90 Å². The van der Waals surface area contributed by atoms with E-state index in [-0.39, 0.29) is 12.4 Å². The number of rotatable bonds is 5. The van der Waals surface area contributed by atoms with Gasteiger partial charge in [-0.1, -0.05) is 20.8 Å². The van der Waals surface area contributed by atoms with E-state index >= 15 is 0 Å². The first-order chi connectivity index (χ1) is 7.51. The van der Waals surface area contributed by atoms with E-state index in [2.05, 4.69) is 31.0 Å². The Balaban J connectivity index is 0.00000256. The van der Waals surface area contributed by atoms with Gasteiger partial charge in [-0.2, -0.15) is 0 Å². The van der Waals surface area contributed by atoms with Crippen molar-refractivity contribution >= 4 is 12.4 Å². The summed E-state index contributed by atoms with van der Waals surface area (Å²) in [7, 11) is 1.78. The Morgan fingerprint density at radius 3 is 2.65 bits per heavy atom. The second-order valence-electron chi connectivity index (χ2n) is 6.07. The fourth-order valence-corrected chi connectivity index (χ4v) is 2.10. The molecule has 17 heavy (non-hydrogen) atoms. The van der Waals surface area contributed by atoms with Crippen LogP contribution in [0, 0.1) is 5.41 Å². The number of halogens is 1. The van der Waals surface area contributed by atoms with Crippen LogP contribution in [0.5, 0.6) is 0 Å². The number of likely N-dealkylation sites (tertiary alicyclic amines) is 1. The van der Waals surface area contributed by atoms with Gasteiger partial charge in [-0.25, -0.2) is 0 Å². The van der Waals surface area contributed by atoms with Crippen molar-refractivity contribution in [1.29, 1.82) is 0 Å². The van der Waals surface area contributed by atoms with Crippen molar-refractivity contribution in [3.8, 4) is 0 Å². The van der Waals surface area contributed by atoms with Gasteiger partial charge in [-0.05, 0) is 24.8 Å². The van der Waals surface area contributed by atoms with E-state index in [1.165, 1.54) is 25.9 Å². The molecule has 0 aliphatic carbocycles. The van der Waals surface area contributed by atoms with Gasteiger partial charge in [0.25, 0.3) is 0 Å². The molecular weight excluding hydrogens is 236 g/mol. The summed E-state index contributed by atoms with van der Waals surface area (Å²) >= 11 is 0. The SMILES string of the molecule is COCCN1CCCC(NCC(C)(C)C)C1.Cl. The van der Waals surface area contributed by atoms with Crippen molar-refractivity contribution in [1.82, 2.24) is 10.2 Å². The molecule has 1 heterocycles. The highest BCUT2D eigenvalue weighted by Crippen LogP contribution is 2.14. The highest BCUT2D eigenvalue weighted by Gasteiger charge is 2.20. The molecule has 1 atom stereocenters. The van der Waals surface area contributed by atoms with Gasteiger partial charge >= 0.3 is 0 Å². The van der Waals surface area contributed by atoms with Gasteiger partial charge < -0.3 is 10.1 Å². The van der Waals surface area contributed by atoms with Crippen LogP contribution in [-0.2, 0) is 4.74 Å². The molecule has 1 fully saturated rings. The van der Waals surface area contributed by atoms with Crippen LogP contribution in [-0.4, -0.2) is 50.8 Å². The maximum Gasteiger partial charge on any atom is 0.0589 e.